The molecular weight excluding hydrogens is 345 g/mol. The summed E-state index contributed by atoms with van der Waals surface area (Å²) in [5.41, 5.74) is -1.97. The molecule has 126 valence electrons. The van der Waals surface area contributed by atoms with Gasteiger partial charge >= 0.3 is 5.97 Å². The standard InChI is InChI=1S/C15H17ClFNO4S/c1-2-22-15(19)11-5-3-4-6-14(11)23(20,21)18-13-8-7-10(17)9-12(13)16/h5,7-9,14,18H,2-4,6H2,1H3/t14-/m1/s1/i6D2,7D,8D,9D,14D/hD. The van der Waals surface area contributed by atoms with Gasteiger partial charge in [0.05, 0.1) is 28.4 Å². The topological polar surface area (TPSA) is 72.5 Å². The van der Waals surface area contributed by atoms with Crippen molar-refractivity contribution < 1.29 is 32.0 Å². The van der Waals surface area contributed by atoms with Crippen molar-refractivity contribution in [2.24, 2.45) is 0 Å². The summed E-state index contributed by atoms with van der Waals surface area (Å²) >= 11 is 5.76. The smallest absolute Gasteiger partial charge is 0.335 e. The van der Waals surface area contributed by atoms with Gasteiger partial charge in [0, 0.05) is 2.74 Å². The third-order valence-corrected chi connectivity index (χ3v) is 4.28. The Morgan fingerprint density at radius 3 is 3.13 bits per heavy atom. The van der Waals surface area contributed by atoms with Gasteiger partial charge in [0.25, 0.3) is 0 Å². The molecule has 0 aromatic heterocycles. The molecule has 0 amide bonds. The van der Waals surface area contributed by atoms with Crippen LogP contribution in [0.3, 0.4) is 0 Å². The quantitative estimate of drug-likeness (QED) is 0.809. The highest BCUT2D eigenvalue weighted by atomic mass is 35.5. The minimum atomic E-state index is -5.50. The van der Waals surface area contributed by atoms with E-state index in [1.165, 1.54) is 6.92 Å². The Hall–Kier alpha value is -1.60. The van der Waals surface area contributed by atoms with E-state index < -0.39 is 79.0 Å². The number of hydrogen-bond acceptors (Lipinski definition) is 4. The molecule has 8 heteroatoms. The van der Waals surface area contributed by atoms with Crippen molar-refractivity contribution in [3.8, 4) is 0 Å². The molecule has 0 fully saturated rings. The van der Waals surface area contributed by atoms with Crippen molar-refractivity contribution in [3.63, 3.8) is 0 Å². The highest BCUT2D eigenvalue weighted by Crippen LogP contribution is 2.30. The van der Waals surface area contributed by atoms with Crippen LogP contribution in [-0.4, -0.2) is 26.2 Å². The second-order valence-corrected chi connectivity index (χ2v) is 6.22. The average molecular weight is 369 g/mol. The van der Waals surface area contributed by atoms with Crippen LogP contribution < -0.4 is 4.72 Å². The van der Waals surface area contributed by atoms with Gasteiger partial charge in [-0.3, -0.25) is 4.72 Å². The summed E-state index contributed by atoms with van der Waals surface area (Å²) in [6.07, 6.45) is -2.41. The van der Waals surface area contributed by atoms with E-state index in [9.17, 15) is 17.6 Å². The van der Waals surface area contributed by atoms with Crippen LogP contribution in [0.1, 0.15) is 34.4 Å². The molecule has 5 nitrogen and oxygen atoms in total. The third-order valence-electron chi connectivity index (χ3n) is 2.71. The number of rotatable bonds is 5. The predicted molar refractivity (Wildman–Crippen MR) is 86.3 cm³/mol. The summed E-state index contributed by atoms with van der Waals surface area (Å²) in [5, 5.41) is -4.37. The number of benzene rings is 1. The monoisotopic (exact) mass is 368 g/mol. The molecule has 0 saturated heterocycles. The Morgan fingerprint density at radius 2 is 2.43 bits per heavy atom. The molecule has 1 aromatic carbocycles. The number of ether oxygens (including phenoxy) is 1. The Balaban J connectivity index is 2.79. The lowest BCUT2D eigenvalue weighted by molar-refractivity contribution is -0.138. The van der Waals surface area contributed by atoms with Crippen LogP contribution in [0.25, 0.3) is 0 Å². The van der Waals surface area contributed by atoms with E-state index in [1.54, 1.807) is 0 Å². The zero-order valence-electron chi connectivity index (χ0n) is 18.9. The Morgan fingerprint density at radius 1 is 1.70 bits per heavy atom. The molecule has 0 radical (unpaired) electrons. The first-order valence-corrected chi connectivity index (χ1v) is 8.34. The van der Waals surface area contributed by atoms with Crippen LogP contribution in [0.15, 0.2) is 29.8 Å². The first kappa shape index (κ1) is 10.3. The van der Waals surface area contributed by atoms with Crippen molar-refractivity contribution in [2.45, 2.75) is 31.4 Å². The third kappa shape index (κ3) is 4.23. The first-order valence-electron chi connectivity index (χ1n) is 9.97. The number of nitrogens with one attached hydrogen (secondary N) is 1. The van der Waals surface area contributed by atoms with Gasteiger partial charge in [-0.1, -0.05) is 17.7 Å². The zero-order chi connectivity index (χ0) is 23.2. The molecule has 0 spiro atoms. The van der Waals surface area contributed by atoms with Crippen LogP contribution in [0.4, 0.5) is 10.1 Å². The molecule has 1 aromatic rings. The first-order chi connectivity index (χ1) is 13.7. The summed E-state index contributed by atoms with van der Waals surface area (Å²) in [6, 6.07) is -3.51. The normalized spacial score (nSPS) is 28.0. The van der Waals surface area contributed by atoms with E-state index in [0.29, 0.717) is 0 Å². The summed E-state index contributed by atoms with van der Waals surface area (Å²) in [4.78, 5) is 12.3. The van der Waals surface area contributed by atoms with Crippen molar-refractivity contribution in [2.75, 3.05) is 11.3 Å². The number of hydrogen-bond donors (Lipinski definition) is 1. The van der Waals surface area contributed by atoms with Crippen molar-refractivity contribution in [1.29, 1.82) is 0 Å². The highest BCUT2D eigenvalue weighted by molar-refractivity contribution is 7.93. The van der Waals surface area contributed by atoms with E-state index in [2.05, 4.69) is 0 Å². The maximum absolute atomic E-state index is 13.8. The number of anilines is 1. The van der Waals surface area contributed by atoms with Crippen molar-refractivity contribution in [3.05, 3.63) is 40.6 Å². The maximum Gasteiger partial charge on any atom is 0.335 e. The van der Waals surface area contributed by atoms with Gasteiger partial charge in [-0.05, 0) is 44.3 Å². The van der Waals surface area contributed by atoms with Gasteiger partial charge in [-0.25, -0.2) is 17.6 Å². The molecule has 1 aliphatic rings. The minimum absolute atomic E-state index is 0.0793. The number of halogens is 2. The van der Waals surface area contributed by atoms with Gasteiger partial charge in [0.15, 0.2) is 1.41 Å². The molecule has 0 bridgehead atoms. The summed E-state index contributed by atoms with van der Waals surface area (Å²) < 4.78 is 100. The lowest BCUT2D eigenvalue weighted by Crippen LogP contribution is -2.34. The number of allylic oxidation sites excluding steroid dienone is 1. The molecule has 2 rings (SSSR count). The molecule has 23 heavy (non-hydrogen) atoms. The lowest BCUT2D eigenvalue weighted by Gasteiger charge is -2.24. The second kappa shape index (κ2) is 7.31. The Labute approximate surface area is 149 Å². The summed E-state index contributed by atoms with van der Waals surface area (Å²) in [5.74, 6) is -2.79. The fourth-order valence-electron chi connectivity index (χ4n) is 1.79. The van der Waals surface area contributed by atoms with Crippen molar-refractivity contribution >= 4 is 33.3 Å². The average Bonchev–Trinajstić information content (AvgIpc) is 2.66. The Kier molecular flexibility index (Phi) is 3.28. The lowest BCUT2D eigenvalue weighted by atomic mass is 9.99. The van der Waals surface area contributed by atoms with Gasteiger partial charge < -0.3 is 4.74 Å². The number of sulfonamides is 1. The van der Waals surface area contributed by atoms with E-state index in [-0.39, 0.29) is 13.0 Å². The molecule has 0 aliphatic heterocycles. The van der Waals surface area contributed by atoms with E-state index >= 15 is 0 Å². The fraction of sp³-hybridized carbons (Fsp3) is 0.400. The number of carbonyl (C=O) groups is 1. The molecular formula is C15H17ClFNO4S. The van der Waals surface area contributed by atoms with E-state index in [0.717, 1.165) is 6.08 Å². The van der Waals surface area contributed by atoms with E-state index in [1.807, 2.05) is 0 Å². The summed E-state index contributed by atoms with van der Waals surface area (Å²) in [7, 11) is -5.50. The molecule has 1 N–H and O–H groups in total. The zero-order valence-corrected chi connectivity index (χ0v) is 13.5. The molecule has 0 saturated carbocycles. The second-order valence-electron chi connectivity index (χ2n) is 4.30. The largest absolute Gasteiger partial charge is 0.463 e. The minimum Gasteiger partial charge on any atom is -0.463 e. The van der Waals surface area contributed by atoms with Gasteiger partial charge in [0.1, 0.15) is 11.0 Å². The molecule has 1 atom stereocenters. The van der Waals surface area contributed by atoms with Crippen LogP contribution in [0.5, 0.6) is 0 Å². The highest BCUT2D eigenvalue weighted by Gasteiger charge is 2.35. The van der Waals surface area contributed by atoms with Gasteiger partial charge in [0.2, 0.25) is 10.0 Å². The predicted octanol–water partition coefficient (Wildman–Crippen LogP) is 3.26. The van der Waals surface area contributed by atoms with Gasteiger partial charge in [-0.2, -0.15) is 0 Å². The number of esters is 1. The van der Waals surface area contributed by atoms with Crippen LogP contribution >= 0.6 is 11.6 Å². The number of carbonyl (C=O) groups excluding carboxylic acids is 1. The molecule has 0 unspecified atom stereocenters. The summed E-state index contributed by atoms with van der Waals surface area (Å²) in [6.45, 7) is 1.23. The molecule has 1 aliphatic carbocycles. The van der Waals surface area contributed by atoms with Gasteiger partial charge in [-0.15, -0.1) is 0 Å². The van der Waals surface area contributed by atoms with Crippen LogP contribution in [0, 0.1) is 5.82 Å². The van der Waals surface area contributed by atoms with Crippen molar-refractivity contribution in [1.82, 2.24) is 0 Å². The molecule has 0 heterocycles. The van der Waals surface area contributed by atoms with Crippen LogP contribution in [-0.2, 0) is 19.6 Å². The Bertz CT molecular complexity index is 1010. The maximum atomic E-state index is 13.8. The fourth-order valence-corrected chi connectivity index (χ4v) is 3.21. The van der Waals surface area contributed by atoms with E-state index in [4.69, 9.17) is 26.0 Å². The SMILES string of the molecule is [2H]c1c([2H])c(N([2H])S(=O)(=O)[C@@]2([2H])C(C(=O)OCC)=CCCC2([2H])[2H])c(Cl)c([2H])c1F. The van der Waals surface area contributed by atoms with Crippen LogP contribution in [0.2, 0.25) is 6.43 Å².